The Labute approximate surface area is 143 Å². The van der Waals surface area contributed by atoms with Gasteiger partial charge in [-0.15, -0.1) is 0 Å². The normalized spacial score (nSPS) is 11.1. The molecule has 1 amide bonds. The number of carbonyl (C=O) groups excluding carboxylic acids is 1. The lowest BCUT2D eigenvalue weighted by Gasteiger charge is -2.08. The minimum atomic E-state index is -0.336. The maximum atomic E-state index is 12.1. The van der Waals surface area contributed by atoms with E-state index in [0.717, 1.165) is 27.7 Å². The Morgan fingerprint density at radius 1 is 1.33 bits per heavy atom. The number of nitrogens with two attached hydrogens (primary N) is 1. The lowest BCUT2D eigenvalue weighted by atomic mass is 10.0. The van der Waals surface area contributed by atoms with Crippen LogP contribution in [0.2, 0.25) is 0 Å². The molecule has 0 aliphatic heterocycles. The van der Waals surface area contributed by atoms with E-state index in [0.29, 0.717) is 21.5 Å². The number of hydrogen-bond donors (Lipinski definition) is 2. The molecule has 3 N–H and O–H groups in total. The smallest absolute Gasteiger partial charge is 0.283 e. The van der Waals surface area contributed by atoms with Crippen LogP contribution in [0.4, 0.5) is 5.13 Å². The summed E-state index contributed by atoms with van der Waals surface area (Å²) in [5.41, 5.74) is 9.51. The molecule has 0 atom stereocenters. The van der Waals surface area contributed by atoms with Crippen molar-refractivity contribution in [2.75, 3.05) is 12.8 Å². The van der Waals surface area contributed by atoms with Crippen molar-refractivity contribution in [1.29, 1.82) is 0 Å². The zero-order valence-corrected chi connectivity index (χ0v) is 14.1. The summed E-state index contributed by atoms with van der Waals surface area (Å²) >= 11 is 1.13. The minimum Gasteiger partial charge on any atom is -0.496 e. The summed E-state index contributed by atoms with van der Waals surface area (Å²) in [6.07, 6.45) is 1.58. The monoisotopic (exact) mass is 340 g/mol. The number of fused-ring (bicyclic) bond motifs is 1. The van der Waals surface area contributed by atoms with Gasteiger partial charge in [0.2, 0.25) is 0 Å². The Bertz CT molecular complexity index is 933. The highest BCUT2D eigenvalue weighted by atomic mass is 32.1. The van der Waals surface area contributed by atoms with E-state index < -0.39 is 0 Å². The lowest BCUT2D eigenvalue weighted by Crippen LogP contribution is -2.17. The van der Waals surface area contributed by atoms with E-state index in [1.807, 2.05) is 36.4 Å². The molecule has 0 radical (unpaired) electrons. The topological polar surface area (TPSA) is 89.6 Å². The number of nitrogens with zero attached hydrogens (tertiary/aromatic N) is 2. The fourth-order valence-corrected chi connectivity index (χ4v) is 3.14. The summed E-state index contributed by atoms with van der Waals surface area (Å²) in [5, 5.41) is 6.48. The van der Waals surface area contributed by atoms with E-state index in [2.05, 4.69) is 15.5 Å². The molecular formula is C17H16N4O2S. The lowest BCUT2D eigenvalue weighted by molar-refractivity contribution is 0.0958. The molecule has 0 aliphatic carbocycles. The van der Waals surface area contributed by atoms with Crippen molar-refractivity contribution in [2.45, 2.75) is 6.92 Å². The summed E-state index contributed by atoms with van der Waals surface area (Å²) in [5.74, 6) is 0.349. The first-order valence-electron chi connectivity index (χ1n) is 7.22. The van der Waals surface area contributed by atoms with Gasteiger partial charge in [0.15, 0.2) is 5.13 Å². The zero-order valence-electron chi connectivity index (χ0n) is 13.2. The van der Waals surface area contributed by atoms with Crippen molar-refractivity contribution >= 4 is 39.4 Å². The number of aromatic nitrogens is 1. The van der Waals surface area contributed by atoms with Crippen LogP contribution in [-0.2, 0) is 0 Å². The van der Waals surface area contributed by atoms with Gasteiger partial charge in [-0.3, -0.25) is 4.79 Å². The number of hydrogen-bond acceptors (Lipinski definition) is 6. The first-order chi connectivity index (χ1) is 11.6. The molecule has 3 rings (SSSR count). The summed E-state index contributed by atoms with van der Waals surface area (Å²) in [7, 11) is 1.60. The van der Waals surface area contributed by atoms with Crippen molar-refractivity contribution in [3.63, 3.8) is 0 Å². The van der Waals surface area contributed by atoms with Crippen LogP contribution in [0.25, 0.3) is 10.8 Å². The van der Waals surface area contributed by atoms with Crippen molar-refractivity contribution in [3.8, 4) is 5.75 Å². The molecule has 0 unspecified atom stereocenters. The number of benzene rings is 2. The molecule has 7 heteroatoms. The molecule has 0 aliphatic rings. The van der Waals surface area contributed by atoms with E-state index in [9.17, 15) is 4.79 Å². The second kappa shape index (κ2) is 6.67. The fraction of sp³-hybridized carbons (Fsp3) is 0.118. The van der Waals surface area contributed by atoms with Gasteiger partial charge >= 0.3 is 0 Å². The second-order valence-corrected chi connectivity index (χ2v) is 6.10. The van der Waals surface area contributed by atoms with Crippen LogP contribution in [0, 0.1) is 6.92 Å². The highest BCUT2D eigenvalue weighted by Gasteiger charge is 2.13. The van der Waals surface area contributed by atoms with Crippen molar-refractivity contribution < 1.29 is 9.53 Å². The number of thiazole rings is 1. The summed E-state index contributed by atoms with van der Waals surface area (Å²) in [4.78, 5) is 16.6. The van der Waals surface area contributed by atoms with Crippen LogP contribution in [0.1, 0.15) is 20.9 Å². The molecule has 1 aromatic heterocycles. The molecule has 2 aromatic carbocycles. The van der Waals surface area contributed by atoms with Gasteiger partial charge < -0.3 is 10.5 Å². The Morgan fingerprint density at radius 3 is 2.83 bits per heavy atom. The van der Waals surface area contributed by atoms with Gasteiger partial charge in [0.05, 0.1) is 19.0 Å². The summed E-state index contributed by atoms with van der Waals surface area (Å²) in [6, 6.07) is 11.8. The van der Waals surface area contributed by atoms with Crippen LogP contribution >= 0.6 is 11.3 Å². The molecule has 122 valence electrons. The van der Waals surface area contributed by atoms with Crippen LogP contribution in [-0.4, -0.2) is 24.2 Å². The quantitative estimate of drug-likeness (QED) is 0.564. The van der Waals surface area contributed by atoms with E-state index >= 15 is 0 Å². The number of ether oxygens (including phenoxy) is 1. The molecule has 0 spiro atoms. The average Bonchev–Trinajstić information content (AvgIpc) is 2.93. The van der Waals surface area contributed by atoms with Crippen molar-refractivity contribution in [3.05, 3.63) is 52.5 Å². The minimum absolute atomic E-state index is 0.336. The Morgan fingerprint density at radius 2 is 2.12 bits per heavy atom. The third-order valence-corrected chi connectivity index (χ3v) is 4.52. The molecular weight excluding hydrogens is 324 g/mol. The maximum Gasteiger partial charge on any atom is 0.283 e. The van der Waals surface area contributed by atoms with E-state index in [1.54, 1.807) is 20.2 Å². The zero-order chi connectivity index (χ0) is 17.1. The molecule has 0 bridgehead atoms. The number of amides is 1. The van der Waals surface area contributed by atoms with Gasteiger partial charge in [-0.25, -0.2) is 10.4 Å². The van der Waals surface area contributed by atoms with E-state index in [1.165, 1.54) is 0 Å². The van der Waals surface area contributed by atoms with Crippen LogP contribution in [0.5, 0.6) is 5.75 Å². The Hall–Kier alpha value is -2.93. The second-order valence-electron chi connectivity index (χ2n) is 5.07. The third-order valence-electron chi connectivity index (χ3n) is 3.53. The molecule has 1 heterocycles. The number of methoxy groups -OCH3 is 1. The number of aryl methyl sites for hydroxylation is 1. The fourth-order valence-electron chi connectivity index (χ4n) is 2.42. The van der Waals surface area contributed by atoms with Gasteiger partial charge in [-0.2, -0.15) is 5.10 Å². The summed E-state index contributed by atoms with van der Waals surface area (Å²) in [6.45, 7) is 1.74. The number of anilines is 1. The molecule has 0 saturated heterocycles. The molecule has 6 nitrogen and oxygen atoms in total. The van der Waals surface area contributed by atoms with Gasteiger partial charge in [0.25, 0.3) is 5.91 Å². The highest BCUT2D eigenvalue weighted by Crippen LogP contribution is 2.26. The van der Waals surface area contributed by atoms with Crippen molar-refractivity contribution in [1.82, 2.24) is 10.4 Å². The van der Waals surface area contributed by atoms with E-state index in [4.69, 9.17) is 10.5 Å². The summed E-state index contributed by atoms with van der Waals surface area (Å²) < 4.78 is 5.39. The third kappa shape index (κ3) is 3.07. The van der Waals surface area contributed by atoms with Gasteiger partial charge in [0, 0.05) is 5.56 Å². The number of nitrogens with one attached hydrogen (secondary N) is 1. The van der Waals surface area contributed by atoms with E-state index in [-0.39, 0.29) is 5.91 Å². The van der Waals surface area contributed by atoms with Crippen LogP contribution < -0.4 is 15.9 Å². The van der Waals surface area contributed by atoms with Gasteiger partial charge in [-0.05, 0) is 23.8 Å². The SMILES string of the molecule is COc1ccc2ccccc2c1C=NNC(=O)c1sc(N)nc1C. The first kappa shape index (κ1) is 15.9. The van der Waals surface area contributed by atoms with Gasteiger partial charge in [-0.1, -0.05) is 41.7 Å². The predicted molar refractivity (Wildman–Crippen MR) is 96.8 cm³/mol. The Kier molecular flexibility index (Phi) is 4.43. The predicted octanol–water partition coefficient (Wildman–Crippen LogP) is 2.96. The average molecular weight is 340 g/mol. The number of carbonyl (C=O) groups is 1. The Balaban J connectivity index is 1.88. The number of nitrogen functional groups attached to an aromatic ring is 1. The molecule has 0 fully saturated rings. The first-order valence-corrected chi connectivity index (χ1v) is 8.04. The molecule has 3 aromatic rings. The van der Waals surface area contributed by atoms with Crippen molar-refractivity contribution in [2.24, 2.45) is 5.10 Å². The molecule has 0 saturated carbocycles. The number of hydrazone groups is 1. The highest BCUT2D eigenvalue weighted by molar-refractivity contribution is 7.17. The van der Waals surface area contributed by atoms with Crippen LogP contribution in [0.3, 0.4) is 0 Å². The maximum absolute atomic E-state index is 12.1. The molecule has 24 heavy (non-hydrogen) atoms. The number of rotatable bonds is 4. The standard InChI is InChI=1S/C17H16N4O2S/c1-10-15(24-17(18)20-10)16(22)21-19-9-13-12-6-4-3-5-11(12)7-8-14(13)23-2/h3-9H,1-2H3,(H2,18,20)(H,21,22). The van der Waals surface area contributed by atoms with Crippen LogP contribution in [0.15, 0.2) is 41.5 Å². The van der Waals surface area contributed by atoms with Gasteiger partial charge in [0.1, 0.15) is 10.6 Å². The largest absolute Gasteiger partial charge is 0.496 e.